The van der Waals surface area contributed by atoms with E-state index in [4.69, 9.17) is 0 Å². The molecule has 2 heterocycles. The summed E-state index contributed by atoms with van der Waals surface area (Å²) in [4.78, 5) is 29.0. The molecule has 0 aliphatic carbocycles. The zero-order chi connectivity index (χ0) is 13.7. The van der Waals surface area contributed by atoms with Crippen molar-refractivity contribution < 1.29 is 14.3 Å². The molecule has 2 rings (SSSR count). The van der Waals surface area contributed by atoms with Crippen LogP contribution in [0.3, 0.4) is 0 Å². The highest BCUT2D eigenvalue weighted by molar-refractivity contribution is 5.91. The summed E-state index contributed by atoms with van der Waals surface area (Å²) in [5.74, 6) is 0.439. The van der Waals surface area contributed by atoms with Crippen molar-refractivity contribution >= 4 is 17.8 Å². The van der Waals surface area contributed by atoms with Crippen molar-refractivity contribution in [2.45, 2.75) is 12.8 Å². The van der Waals surface area contributed by atoms with Gasteiger partial charge in [0, 0.05) is 25.2 Å². The van der Waals surface area contributed by atoms with Gasteiger partial charge in [-0.3, -0.25) is 4.79 Å². The molecule has 1 aromatic heterocycles. The lowest BCUT2D eigenvalue weighted by Crippen LogP contribution is -2.41. The predicted octanol–water partition coefficient (Wildman–Crippen LogP) is 1.50. The van der Waals surface area contributed by atoms with Gasteiger partial charge in [0.25, 0.3) is 0 Å². The number of carbonyl (C=O) groups excluding carboxylic acids is 2. The number of anilines is 1. The number of nitrogens with zero attached hydrogens (tertiary/aromatic N) is 2. The quantitative estimate of drug-likeness (QED) is 0.877. The molecule has 1 aromatic rings. The van der Waals surface area contributed by atoms with Gasteiger partial charge < -0.3 is 15.0 Å². The summed E-state index contributed by atoms with van der Waals surface area (Å²) in [6.45, 7) is 1.10. The lowest BCUT2D eigenvalue weighted by atomic mass is 9.96. The number of ether oxygens (including phenoxy) is 1. The standard InChI is InChI=1S/C13H17N3O3/c1-19-13(18)16-8-5-10(6-9-16)12(17)15-11-4-2-3-7-14-11/h2-4,7,10H,5-6,8-9H2,1H3,(H,14,15,17). The van der Waals surface area contributed by atoms with E-state index in [-0.39, 0.29) is 17.9 Å². The van der Waals surface area contributed by atoms with Crippen LogP contribution in [0.25, 0.3) is 0 Å². The summed E-state index contributed by atoms with van der Waals surface area (Å²) >= 11 is 0. The topological polar surface area (TPSA) is 71.5 Å². The Balaban J connectivity index is 1.84. The van der Waals surface area contributed by atoms with Gasteiger partial charge >= 0.3 is 6.09 Å². The Kier molecular flexibility index (Phi) is 4.33. The molecule has 1 aliphatic rings. The summed E-state index contributed by atoms with van der Waals surface area (Å²) in [5, 5.41) is 2.78. The first-order valence-electron chi connectivity index (χ1n) is 6.25. The largest absolute Gasteiger partial charge is 0.453 e. The molecule has 0 unspecified atom stereocenters. The Morgan fingerprint density at radius 3 is 2.68 bits per heavy atom. The lowest BCUT2D eigenvalue weighted by Gasteiger charge is -2.30. The molecule has 1 saturated heterocycles. The van der Waals surface area contributed by atoms with E-state index in [0.717, 1.165) is 0 Å². The molecule has 0 spiro atoms. The van der Waals surface area contributed by atoms with Crippen LogP contribution in [0.4, 0.5) is 10.6 Å². The summed E-state index contributed by atoms with van der Waals surface area (Å²) < 4.78 is 4.66. The van der Waals surface area contributed by atoms with Crippen LogP contribution in [0, 0.1) is 5.92 Å². The lowest BCUT2D eigenvalue weighted by molar-refractivity contribution is -0.121. The number of piperidine rings is 1. The minimum atomic E-state index is -0.330. The van der Waals surface area contributed by atoms with E-state index in [1.165, 1.54) is 7.11 Å². The number of rotatable bonds is 2. The Hall–Kier alpha value is -2.11. The normalized spacial score (nSPS) is 15.9. The molecule has 102 valence electrons. The van der Waals surface area contributed by atoms with Crippen LogP contribution in [-0.4, -0.2) is 42.1 Å². The van der Waals surface area contributed by atoms with Crippen LogP contribution in [0.1, 0.15) is 12.8 Å². The average Bonchev–Trinajstić information content (AvgIpc) is 2.47. The zero-order valence-corrected chi connectivity index (χ0v) is 10.8. The van der Waals surface area contributed by atoms with Gasteiger partial charge in [0.05, 0.1) is 7.11 Å². The molecule has 1 aliphatic heterocycles. The number of aromatic nitrogens is 1. The molecule has 0 radical (unpaired) electrons. The number of methoxy groups -OCH3 is 1. The van der Waals surface area contributed by atoms with E-state index in [1.54, 1.807) is 23.2 Å². The number of hydrogen-bond acceptors (Lipinski definition) is 4. The van der Waals surface area contributed by atoms with E-state index in [2.05, 4.69) is 15.0 Å². The second-order valence-electron chi connectivity index (χ2n) is 4.44. The van der Waals surface area contributed by atoms with Gasteiger partial charge in [0.1, 0.15) is 5.82 Å². The van der Waals surface area contributed by atoms with E-state index >= 15 is 0 Å². The Morgan fingerprint density at radius 2 is 2.11 bits per heavy atom. The maximum absolute atomic E-state index is 12.0. The smallest absolute Gasteiger partial charge is 0.409 e. The van der Waals surface area contributed by atoms with Crippen molar-refractivity contribution in [3.8, 4) is 0 Å². The molecule has 6 heteroatoms. The van der Waals surface area contributed by atoms with Crippen molar-refractivity contribution in [1.29, 1.82) is 0 Å². The third kappa shape index (κ3) is 3.43. The van der Waals surface area contributed by atoms with Gasteiger partial charge in [-0.2, -0.15) is 0 Å². The minimum absolute atomic E-state index is 0.0387. The second kappa shape index (κ2) is 6.17. The molecule has 19 heavy (non-hydrogen) atoms. The molecule has 0 saturated carbocycles. The fraction of sp³-hybridized carbons (Fsp3) is 0.462. The number of nitrogens with one attached hydrogen (secondary N) is 1. The Bertz CT molecular complexity index is 442. The van der Waals surface area contributed by atoms with Gasteiger partial charge in [0.15, 0.2) is 0 Å². The van der Waals surface area contributed by atoms with Crippen LogP contribution < -0.4 is 5.32 Å². The van der Waals surface area contributed by atoms with E-state index < -0.39 is 0 Å². The van der Waals surface area contributed by atoms with Gasteiger partial charge in [-0.25, -0.2) is 9.78 Å². The van der Waals surface area contributed by atoms with Crippen LogP contribution >= 0.6 is 0 Å². The molecule has 1 fully saturated rings. The minimum Gasteiger partial charge on any atom is -0.453 e. The second-order valence-corrected chi connectivity index (χ2v) is 4.44. The maximum Gasteiger partial charge on any atom is 0.409 e. The summed E-state index contributed by atoms with van der Waals surface area (Å²) in [7, 11) is 1.36. The highest BCUT2D eigenvalue weighted by Crippen LogP contribution is 2.19. The fourth-order valence-electron chi connectivity index (χ4n) is 2.12. The van der Waals surface area contributed by atoms with Crippen molar-refractivity contribution in [1.82, 2.24) is 9.88 Å². The van der Waals surface area contributed by atoms with Crippen LogP contribution in [0.5, 0.6) is 0 Å². The third-order valence-corrected chi connectivity index (χ3v) is 3.21. The first-order valence-corrected chi connectivity index (χ1v) is 6.25. The van der Waals surface area contributed by atoms with E-state index in [1.807, 2.05) is 6.07 Å². The first kappa shape index (κ1) is 13.3. The van der Waals surface area contributed by atoms with E-state index in [0.29, 0.717) is 31.7 Å². The van der Waals surface area contributed by atoms with Gasteiger partial charge in [0.2, 0.25) is 5.91 Å². The number of pyridine rings is 1. The van der Waals surface area contributed by atoms with Gasteiger partial charge in [-0.1, -0.05) is 6.07 Å². The third-order valence-electron chi connectivity index (χ3n) is 3.21. The summed E-state index contributed by atoms with van der Waals surface area (Å²) in [6, 6.07) is 5.37. The zero-order valence-electron chi connectivity index (χ0n) is 10.8. The molecular weight excluding hydrogens is 246 g/mol. The molecular formula is C13H17N3O3. The maximum atomic E-state index is 12.0. The molecule has 6 nitrogen and oxygen atoms in total. The number of hydrogen-bond donors (Lipinski definition) is 1. The number of amides is 2. The van der Waals surface area contributed by atoms with Crippen LogP contribution in [0.15, 0.2) is 24.4 Å². The van der Waals surface area contributed by atoms with Crippen molar-refractivity contribution in [2.75, 3.05) is 25.5 Å². The SMILES string of the molecule is COC(=O)N1CCC(C(=O)Nc2ccccn2)CC1. The van der Waals surface area contributed by atoms with Crippen LogP contribution in [-0.2, 0) is 9.53 Å². The monoisotopic (exact) mass is 263 g/mol. The highest BCUT2D eigenvalue weighted by Gasteiger charge is 2.27. The number of carbonyl (C=O) groups is 2. The Labute approximate surface area is 111 Å². The molecule has 0 bridgehead atoms. The molecule has 2 amide bonds. The van der Waals surface area contributed by atoms with E-state index in [9.17, 15) is 9.59 Å². The summed E-state index contributed by atoms with van der Waals surface area (Å²) in [5.41, 5.74) is 0. The molecule has 0 atom stereocenters. The summed E-state index contributed by atoms with van der Waals surface area (Å²) in [6.07, 6.45) is 2.60. The molecule has 1 N–H and O–H groups in total. The fourth-order valence-corrected chi connectivity index (χ4v) is 2.12. The highest BCUT2D eigenvalue weighted by atomic mass is 16.5. The van der Waals surface area contributed by atoms with Gasteiger partial charge in [-0.15, -0.1) is 0 Å². The van der Waals surface area contributed by atoms with Crippen molar-refractivity contribution in [3.63, 3.8) is 0 Å². The first-order chi connectivity index (χ1) is 9.20. The van der Waals surface area contributed by atoms with Crippen LogP contribution in [0.2, 0.25) is 0 Å². The number of likely N-dealkylation sites (tertiary alicyclic amines) is 1. The predicted molar refractivity (Wildman–Crippen MR) is 69.6 cm³/mol. The Morgan fingerprint density at radius 1 is 1.37 bits per heavy atom. The van der Waals surface area contributed by atoms with Crippen molar-refractivity contribution in [2.24, 2.45) is 5.92 Å². The molecule has 0 aromatic carbocycles. The van der Waals surface area contributed by atoms with Crippen molar-refractivity contribution in [3.05, 3.63) is 24.4 Å². The average molecular weight is 263 g/mol. The van der Waals surface area contributed by atoms with Gasteiger partial charge in [-0.05, 0) is 25.0 Å².